The van der Waals surface area contributed by atoms with Gasteiger partial charge in [0, 0.05) is 33.2 Å². The van der Waals surface area contributed by atoms with E-state index in [0.29, 0.717) is 26.4 Å². The van der Waals surface area contributed by atoms with Crippen LogP contribution in [0.3, 0.4) is 0 Å². The largest absolute Gasteiger partial charge is 1.00 e. The molecular formula is C14H30INO4. The third-order valence-electron chi connectivity index (χ3n) is 3.62. The highest BCUT2D eigenvalue weighted by Crippen LogP contribution is 2.09. The summed E-state index contributed by atoms with van der Waals surface area (Å²) >= 11 is 0. The average Bonchev–Trinajstić information content (AvgIpc) is 2.86. The van der Waals surface area contributed by atoms with E-state index in [-0.39, 0.29) is 24.0 Å². The van der Waals surface area contributed by atoms with Gasteiger partial charge in [-0.3, -0.25) is 0 Å². The standard InChI is InChI=1S/C14H29NO4.HI/c1-16-9-11-18-7-4-14-3-5-15(13-14)6-8-19-12-10-17-2;/h14H,3-13H2,1-2H3;1H. The van der Waals surface area contributed by atoms with E-state index < -0.39 is 0 Å². The van der Waals surface area contributed by atoms with Gasteiger partial charge in [-0.1, -0.05) is 0 Å². The predicted octanol–water partition coefficient (Wildman–Crippen LogP) is -3.39. The Kier molecular flexibility index (Phi) is 14.8. The summed E-state index contributed by atoms with van der Waals surface area (Å²) in [6.07, 6.45) is 2.50. The molecule has 1 fully saturated rings. The van der Waals surface area contributed by atoms with E-state index in [2.05, 4.69) is 0 Å². The average molecular weight is 403 g/mol. The minimum Gasteiger partial charge on any atom is -1.00 e. The maximum absolute atomic E-state index is 5.52. The molecular weight excluding hydrogens is 373 g/mol. The number of nitrogens with one attached hydrogen (secondary N) is 1. The molecule has 1 rings (SSSR count). The summed E-state index contributed by atoms with van der Waals surface area (Å²) in [7, 11) is 3.41. The van der Waals surface area contributed by atoms with Gasteiger partial charge in [0.15, 0.2) is 0 Å². The van der Waals surface area contributed by atoms with Crippen molar-refractivity contribution in [3.05, 3.63) is 0 Å². The minimum absolute atomic E-state index is 0. The van der Waals surface area contributed by atoms with Gasteiger partial charge in [0.1, 0.15) is 6.54 Å². The quantitative estimate of drug-likeness (QED) is 0.273. The van der Waals surface area contributed by atoms with Crippen LogP contribution >= 0.6 is 0 Å². The molecule has 0 spiro atoms. The first-order valence-corrected chi connectivity index (χ1v) is 7.33. The van der Waals surface area contributed by atoms with Crippen molar-refractivity contribution in [3.63, 3.8) is 0 Å². The van der Waals surface area contributed by atoms with Crippen LogP contribution in [0.25, 0.3) is 0 Å². The lowest BCUT2D eigenvalue weighted by atomic mass is 10.1. The molecule has 0 radical (unpaired) electrons. The first kappa shape index (κ1) is 20.5. The Balaban J connectivity index is 0.00000361. The Bertz CT molecular complexity index is 190. The summed E-state index contributed by atoms with van der Waals surface area (Å²) in [4.78, 5) is 1.67. The van der Waals surface area contributed by atoms with Crippen molar-refractivity contribution in [2.45, 2.75) is 12.8 Å². The normalized spacial score (nSPS) is 21.9. The van der Waals surface area contributed by atoms with Crippen LogP contribution in [-0.2, 0) is 18.9 Å². The van der Waals surface area contributed by atoms with E-state index in [1.807, 2.05) is 0 Å². The van der Waals surface area contributed by atoms with Crippen LogP contribution < -0.4 is 28.9 Å². The Labute approximate surface area is 140 Å². The third-order valence-corrected chi connectivity index (χ3v) is 3.62. The van der Waals surface area contributed by atoms with Crippen molar-refractivity contribution < 1.29 is 47.8 Å². The smallest absolute Gasteiger partial charge is 0.101 e. The lowest BCUT2D eigenvalue weighted by Crippen LogP contribution is -3.10. The molecule has 0 bridgehead atoms. The fraction of sp³-hybridized carbons (Fsp3) is 1.00. The molecule has 1 N–H and O–H groups in total. The molecule has 2 unspecified atom stereocenters. The predicted molar refractivity (Wildman–Crippen MR) is 73.7 cm³/mol. The molecule has 2 atom stereocenters. The molecule has 0 amide bonds. The van der Waals surface area contributed by atoms with E-state index in [1.54, 1.807) is 19.1 Å². The zero-order chi connectivity index (χ0) is 13.8. The van der Waals surface area contributed by atoms with Gasteiger partial charge in [-0.05, 0) is 6.42 Å². The van der Waals surface area contributed by atoms with E-state index in [4.69, 9.17) is 18.9 Å². The van der Waals surface area contributed by atoms with Crippen molar-refractivity contribution in [1.82, 2.24) is 0 Å². The Morgan fingerprint density at radius 3 is 2.20 bits per heavy atom. The lowest BCUT2D eigenvalue weighted by Gasteiger charge is -2.13. The van der Waals surface area contributed by atoms with Gasteiger partial charge in [0.2, 0.25) is 0 Å². The number of hydrogen-bond acceptors (Lipinski definition) is 4. The van der Waals surface area contributed by atoms with Crippen molar-refractivity contribution in [1.29, 1.82) is 0 Å². The van der Waals surface area contributed by atoms with Crippen molar-refractivity contribution in [3.8, 4) is 0 Å². The second-order valence-electron chi connectivity index (χ2n) is 5.11. The molecule has 5 nitrogen and oxygen atoms in total. The molecule has 6 heteroatoms. The molecule has 1 saturated heterocycles. The van der Waals surface area contributed by atoms with E-state index in [9.17, 15) is 0 Å². The summed E-state index contributed by atoms with van der Waals surface area (Å²) in [5.74, 6) is 0.816. The molecule has 20 heavy (non-hydrogen) atoms. The summed E-state index contributed by atoms with van der Waals surface area (Å²) in [6.45, 7) is 8.18. The second kappa shape index (κ2) is 14.5. The van der Waals surface area contributed by atoms with Gasteiger partial charge in [0.05, 0.1) is 46.1 Å². The monoisotopic (exact) mass is 403 g/mol. The fourth-order valence-corrected chi connectivity index (χ4v) is 2.45. The maximum Gasteiger partial charge on any atom is 0.101 e. The number of quaternary nitrogens is 1. The van der Waals surface area contributed by atoms with E-state index >= 15 is 0 Å². The van der Waals surface area contributed by atoms with Gasteiger partial charge in [-0.25, -0.2) is 0 Å². The molecule has 0 aliphatic carbocycles. The number of likely N-dealkylation sites (tertiary alicyclic amines) is 1. The lowest BCUT2D eigenvalue weighted by molar-refractivity contribution is -0.889. The fourth-order valence-electron chi connectivity index (χ4n) is 2.45. The zero-order valence-electron chi connectivity index (χ0n) is 12.9. The van der Waals surface area contributed by atoms with Gasteiger partial charge in [0.25, 0.3) is 0 Å². The maximum atomic E-state index is 5.52. The number of methoxy groups -OCH3 is 2. The van der Waals surface area contributed by atoms with Gasteiger partial charge < -0.3 is 47.8 Å². The molecule has 122 valence electrons. The minimum atomic E-state index is 0. The summed E-state index contributed by atoms with van der Waals surface area (Å²) in [6, 6.07) is 0. The van der Waals surface area contributed by atoms with Crippen LogP contribution in [0.2, 0.25) is 0 Å². The van der Waals surface area contributed by atoms with Crippen molar-refractivity contribution in [2.75, 3.05) is 73.5 Å². The first-order valence-electron chi connectivity index (χ1n) is 7.33. The summed E-state index contributed by atoms with van der Waals surface area (Å²) in [5, 5.41) is 0. The van der Waals surface area contributed by atoms with Crippen LogP contribution in [0.15, 0.2) is 0 Å². The molecule has 0 aromatic rings. The zero-order valence-corrected chi connectivity index (χ0v) is 15.0. The van der Waals surface area contributed by atoms with Crippen LogP contribution in [0, 0.1) is 5.92 Å². The Morgan fingerprint density at radius 2 is 1.55 bits per heavy atom. The van der Waals surface area contributed by atoms with Gasteiger partial charge in [-0.2, -0.15) is 0 Å². The number of halogens is 1. The third kappa shape index (κ3) is 10.3. The van der Waals surface area contributed by atoms with Crippen molar-refractivity contribution in [2.24, 2.45) is 5.92 Å². The van der Waals surface area contributed by atoms with Crippen molar-refractivity contribution >= 4 is 0 Å². The summed E-state index contributed by atoms with van der Waals surface area (Å²) in [5.41, 5.74) is 0. The SMILES string of the molecule is COCCOCCC1CC[NH+](CCOCCOC)C1.[I-]. The molecule has 0 saturated carbocycles. The van der Waals surface area contributed by atoms with Gasteiger partial charge >= 0.3 is 0 Å². The van der Waals surface area contributed by atoms with Crippen LogP contribution in [-0.4, -0.2) is 73.5 Å². The number of rotatable bonds is 12. The van der Waals surface area contributed by atoms with Gasteiger partial charge in [-0.15, -0.1) is 0 Å². The highest BCUT2D eigenvalue weighted by Gasteiger charge is 2.25. The molecule has 1 aliphatic rings. The molecule has 1 heterocycles. The highest BCUT2D eigenvalue weighted by atomic mass is 127. The highest BCUT2D eigenvalue weighted by molar-refractivity contribution is 4.62. The molecule has 0 aromatic carbocycles. The van der Waals surface area contributed by atoms with E-state index in [1.165, 1.54) is 25.9 Å². The van der Waals surface area contributed by atoms with Crippen LogP contribution in [0.4, 0.5) is 0 Å². The summed E-state index contributed by atoms with van der Waals surface area (Å²) < 4.78 is 20.9. The van der Waals surface area contributed by atoms with Crippen LogP contribution in [0.1, 0.15) is 12.8 Å². The van der Waals surface area contributed by atoms with E-state index in [0.717, 1.165) is 25.7 Å². The number of ether oxygens (including phenoxy) is 4. The Morgan fingerprint density at radius 1 is 0.900 bits per heavy atom. The van der Waals surface area contributed by atoms with Crippen LogP contribution in [0.5, 0.6) is 0 Å². The topological polar surface area (TPSA) is 41.4 Å². The molecule has 0 aromatic heterocycles. The number of hydrogen-bond donors (Lipinski definition) is 1. The molecule has 1 aliphatic heterocycles. The first-order chi connectivity index (χ1) is 9.36. The second-order valence-corrected chi connectivity index (χ2v) is 5.11. The Hall–Kier alpha value is 0.530.